The number of carbonyl (C=O) groups is 2. The van der Waals surface area contributed by atoms with E-state index >= 15 is 0 Å². The number of hydrogen-bond donors (Lipinski definition) is 0. The average Bonchev–Trinajstić information content (AvgIpc) is 2.46. The minimum Gasteiger partial charge on any atom is -0.450 e. The zero-order valence-corrected chi connectivity index (χ0v) is 13.2. The second-order valence-electron chi connectivity index (χ2n) is 5.98. The van der Waals surface area contributed by atoms with E-state index in [1.165, 1.54) is 0 Å². The molecule has 2 rings (SSSR count). The van der Waals surface area contributed by atoms with Crippen molar-refractivity contribution in [1.29, 1.82) is 0 Å². The van der Waals surface area contributed by atoms with Gasteiger partial charge in [0.25, 0.3) is 0 Å². The molecule has 3 atom stereocenters. The Bertz CT molecular complexity index is 378. The smallest absolute Gasteiger partial charge is 0.409 e. The number of likely N-dealkylation sites (tertiary alicyclic amines) is 1. The summed E-state index contributed by atoms with van der Waals surface area (Å²) in [7, 11) is 0. The Hall–Kier alpha value is -1.30. The zero-order valence-electron chi connectivity index (χ0n) is 13.2. The molecule has 6 heteroatoms. The normalized spacial score (nSPS) is 30.1. The quantitative estimate of drug-likeness (QED) is 0.775. The second-order valence-corrected chi connectivity index (χ2v) is 5.98. The summed E-state index contributed by atoms with van der Waals surface area (Å²) in [6, 6.07) is 0. The fraction of sp³-hybridized carbons (Fsp3) is 0.867. The van der Waals surface area contributed by atoms with Crippen LogP contribution in [0.5, 0.6) is 0 Å². The molecule has 0 aromatic carbocycles. The third-order valence-electron chi connectivity index (χ3n) is 4.03. The maximum Gasteiger partial charge on any atom is 0.409 e. The molecule has 2 amide bonds. The number of amides is 2. The first-order valence-electron chi connectivity index (χ1n) is 7.87. The summed E-state index contributed by atoms with van der Waals surface area (Å²) in [4.78, 5) is 28.0. The minimum absolute atomic E-state index is 0.0717. The Kier molecular flexibility index (Phi) is 5.45. The number of morpholine rings is 1. The second kappa shape index (κ2) is 7.11. The SMILES string of the molecule is CCOC(=O)N1CCCC(C(=O)N2CC(C)OC(C)C2)C1. The first-order valence-corrected chi connectivity index (χ1v) is 7.87. The summed E-state index contributed by atoms with van der Waals surface area (Å²) in [5.41, 5.74) is 0. The molecule has 0 aliphatic carbocycles. The van der Waals surface area contributed by atoms with Crippen LogP contribution in [0.3, 0.4) is 0 Å². The topological polar surface area (TPSA) is 59.1 Å². The number of ether oxygens (including phenoxy) is 2. The molecule has 2 fully saturated rings. The van der Waals surface area contributed by atoms with Crippen LogP contribution in [-0.4, -0.2) is 66.8 Å². The molecule has 0 spiro atoms. The van der Waals surface area contributed by atoms with Gasteiger partial charge >= 0.3 is 6.09 Å². The van der Waals surface area contributed by atoms with Gasteiger partial charge in [-0.1, -0.05) is 0 Å². The van der Waals surface area contributed by atoms with Crippen LogP contribution in [0.4, 0.5) is 4.79 Å². The summed E-state index contributed by atoms with van der Waals surface area (Å²) in [5, 5.41) is 0. The Balaban J connectivity index is 1.94. The molecule has 0 saturated carbocycles. The van der Waals surface area contributed by atoms with Crippen molar-refractivity contribution in [2.75, 3.05) is 32.8 Å². The van der Waals surface area contributed by atoms with Crippen LogP contribution >= 0.6 is 0 Å². The summed E-state index contributed by atoms with van der Waals surface area (Å²) in [5.74, 6) is 0.0339. The fourth-order valence-corrected chi connectivity index (χ4v) is 3.18. The molecule has 120 valence electrons. The fourth-order valence-electron chi connectivity index (χ4n) is 3.18. The Morgan fingerprint density at radius 1 is 1.14 bits per heavy atom. The monoisotopic (exact) mass is 298 g/mol. The lowest BCUT2D eigenvalue weighted by molar-refractivity contribution is -0.148. The predicted molar refractivity (Wildman–Crippen MR) is 77.9 cm³/mol. The summed E-state index contributed by atoms with van der Waals surface area (Å²) in [6.07, 6.45) is 1.53. The van der Waals surface area contributed by atoms with Crippen molar-refractivity contribution in [1.82, 2.24) is 9.80 Å². The zero-order chi connectivity index (χ0) is 15.4. The highest BCUT2D eigenvalue weighted by atomic mass is 16.6. The Labute approximate surface area is 126 Å². The van der Waals surface area contributed by atoms with E-state index in [9.17, 15) is 9.59 Å². The van der Waals surface area contributed by atoms with Crippen LogP contribution in [0.1, 0.15) is 33.6 Å². The van der Waals surface area contributed by atoms with E-state index in [1.807, 2.05) is 18.7 Å². The molecule has 21 heavy (non-hydrogen) atoms. The van der Waals surface area contributed by atoms with E-state index in [-0.39, 0.29) is 30.1 Å². The van der Waals surface area contributed by atoms with Gasteiger partial charge in [0.2, 0.25) is 5.91 Å². The maximum atomic E-state index is 12.7. The van der Waals surface area contributed by atoms with Crippen molar-refractivity contribution < 1.29 is 19.1 Å². The highest BCUT2D eigenvalue weighted by molar-refractivity contribution is 5.80. The van der Waals surface area contributed by atoms with E-state index in [4.69, 9.17) is 9.47 Å². The predicted octanol–water partition coefficient (Wildman–Crippen LogP) is 1.49. The summed E-state index contributed by atoms with van der Waals surface area (Å²) >= 11 is 0. The summed E-state index contributed by atoms with van der Waals surface area (Å²) in [6.45, 7) is 8.56. The third kappa shape index (κ3) is 4.09. The molecule has 0 N–H and O–H groups in total. The molecule has 3 unspecified atom stereocenters. The third-order valence-corrected chi connectivity index (χ3v) is 4.03. The van der Waals surface area contributed by atoms with E-state index in [1.54, 1.807) is 11.8 Å². The van der Waals surface area contributed by atoms with Gasteiger partial charge < -0.3 is 19.3 Å². The molecule has 0 bridgehead atoms. The number of hydrogen-bond acceptors (Lipinski definition) is 4. The van der Waals surface area contributed by atoms with E-state index in [0.717, 1.165) is 12.8 Å². The van der Waals surface area contributed by atoms with Gasteiger partial charge in [0.05, 0.1) is 24.7 Å². The van der Waals surface area contributed by atoms with Crippen molar-refractivity contribution in [2.24, 2.45) is 5.92 Å². The number of rotatable bonds is 2. The van der Waals surface area contributed by atoms with Gasteiger partial charge in [0.15, 0.2) is 0 Å². The molecular formula is C15H26N2O4. The molecular weight excluding hydrogens is 272 g/mol. The van der Waals surface area contributed by atoms with Crippen LogP contribution in [0.2, 0.25) is 0 Å². The molecule has 0 aromatic rings. The van der Waals surface area contributed by atoms with Crippen molar-refractivity contribution in [2.45, 2.75) is 45.8 Å². The standard InChI is InChI=1S/C15H26N2O4/c1-4-20-15(19)16-7-5-6-13(10-16)14(18)17-8-11(2)21-12(3)9-17/h11-13H,4-10H2,1-3H3. The van der Waals surface area contributed by atoms with Crippen LogP contribution in [0.15, 0.2) is 0 Å². The van der Waals surface area contributed by atoms with E-state index < -0.39 is 0 Å². The summed E-state index contributed by atoms with van der Waals surface area (Å²) < 4.78 is 10.7. The Morgan fingerprint density at radius 3 is 2.43 bits per heavy atom. The first kappa shape index (κ1) is 16.1. The minimum atomic E-state index is -0.307. The molecule has 2 heterocycles. The molecule has 0 radical (unpaired) electrons. The van der Waals surface area contributed by atoms with Crippen molar-refractivity contribution in [3.8, 4) is 0 Å². The largest absolute Gasteiger partial charge is 0.450 e. The van der Waals surface area contributed by atoms with E-state index in [2.05, 4.69) is 0 Å². The lowest BCUT2D eigenvalue weighted by Crippen LogP contribution is -2.53. The van der Waals surface area contributed by atoms with E-state index in [0.29, 0.717) is 32.8 Å². The number of nitrogens with zero attached hydrogens (tertiary/aromatic N) is 2. The highest BCUT2D eigenvalue weighted by Crippen LogP contribution is 2.22. The van der Waals surface area contributed by atoms with Gasteiger partial charge in [0, 0.05) is 26.2 Å². The van der Waals surface area contributed by atoms with Crippen LogP contribution in [0.25, 0.3) is 0 Å². The van der Waals surface area contributed by atoms with Gasteiger partial charge in [-0.2, -0.15) is 0 Å². The van der Waals surface area contributed by atoms with Crippen LogP contribution in [-0.2, 0) is 14.3 Å². The van der Waals surface area contributed by atoms with Gasteiger partial charge in [-0.15, -0.1) is 0 Å². The molecule has 2 aliphatic rings. The van der Waals surface area contributed by atoms with Gasteiger partial charge in [-0.3, -0.25) is 4.79 Å². The number of piperidine rings is 1. The maximum absolute atomic E-state index is 12.7. The van der Waals surface area contributed by atoms with Gasteiger partial charge in [0.1, 0.15) is 0 Å². The van der Waals surface area contributed by atoms with Gasteiger partial charge in [-0.25, -0.2) is 4.79 Å². The molecule has 2 saturated heterocycles. The molecule has 0 aromatic heterocycles. The van der Waals surface area contributed by atoms with Gasteiger partial charge in [-0.05, 0) is 33.6 Å². The first-order chi connectivity index (χ1) is 10.0. The Morgan fingerprint density at radius 2 is 1.81 bits per heavy atom. The highest BCUT2D eigenvalue weighted by Gasteiger charge is 2.34. The van der Waals surface area contributed by atoms with Crippen LogP contribution < -0.4 is 0 Å². The van der Waals surface area contributed by atoms with Crippen molar-refractivity contribution in [3.63, 3.8) is 0 Å². The lowest BCUT2D eigenvalue weighted by atomic mass is 9.96. The van der Waals surface area contributed by atoms with Crippen LogP contribution in [0, 0.1) is 5.92 Å². The van der Waals surface area contributed by atoms with Crippen molar-refractivity contribution >= 4 is 12.0 Å². The van der Waals surface area contributed by atoms with Crippen molar-refractivity contribution in [3.05, 3.63) is 0 Å². The lowest BCUT2D eigenvalue weighted by Gasteiger charge is -2.39. The average molecular weight is 298 g/mol. The number of carbonyl (C=O) groups excluding carboxylic acids is 2. The molecule has 2 aliphatic heterocycles. The molecule has 6 nitrogen and oxygen atoms in total.